The fourth-order valence-corrected chi connectivity index (χ4v) is 3.38. The molecule has 2 saturated heterocycles. The summed E-state index contributed by atoms with van der Waals surface area (Å²) in [6, 6.07) is 0.627. The zero-order chi connectivity index (χ0) is 19.2. The van der Waals surface area contributed by atoms with Gasteiger partial charge in [-0.15, -0.1) is 0 Å². The Balaban J connectivity index is 1.96. The van der Waals surface area contributed by atoms with Gasteiger partial charge in [-0.3, -0.25) is 4.79 Å². The van der Waals surface area contributed by atoms with Gasteiger partial charge in [0.2, 0.25) is 0 Å². The number of hydrogen-bond donors (Lipinski definition) is 0. The van der Waals surface area contributed by atoms with Gasteiger partial charge in [-0.2, -0.15) is 0 Å². The predicted molar refractivity (Wildman–Crippen MR) is 90.8 cm³/mol. The maximum absolute atomic E-state index is 14.4. The number of ether oxygens (including phenoxy) is 2. The van der Waals surface area contributed by atoms with Gasteiger partial charge in [0.15, 0.2) is 0 Å². The number of imide groups is 1. The quantitative estimate of drug-likeness (QED) is 0.589. The van der Waals surface area contributed by atoms with Crippen molar-refractivity contribution in [1.29, 1.82) is 0 Å². The van der Waals surface area contributed by atoms with Crippen molar-refractivity contribution in [3.05, 3.63) is 28.5 Å². The molecule has 0 bridgehead atoms. The molecule has 2 aliphatic heterocycles. The minimum atomic E-state index is -0.873. The monoisotopic (exact) mass is 384 g/mol. The van der Waals surface area contributed by atoms with E-state index in [1.165, 1.54) is 12.0 Å². The second kappa shape index (κ2) is 6.85. The molecule has 2 aliphatic rings. The van der Waals surface area contributed by atoms with Gasteiger partial charge in [-0.1, -0.05) is 11.6 Å². The SMILES string of the molecule is CO[C@@H]1C[C@@H]2C(=O)N(c3cc(C(=O)OC(C)C)c(Cl)cc3F)C(=O)N2C1. The average molecular weight is 385 g/mol. The van der Waals surface area contributed by atoms with Gasteiger partial charge in [0.1, 0.15) is 11.9 Å². The van der Waals surface area contributed by atoms with Gasteiger partial charge < -0.3 is 14.4 Å². The van der Waals surface area contributed by atoms with Crippen molar-refractivity contribution in [2.45, 2.75) is 38.5 Å². The summed E-state index contributed by atoms with van der Waals surface area (Å²) in [6.07, 6.45) is -0.296. The predicted octanol–water partition coefficient (Wildman–Crippen LogP) is 2.60. The molecule has 140 valence electrons. The lowest BCUT2D eigenvalue weighted by molar-refractivity contribution is -0.119. The Morgan fingerprint density at radius 1 is 1.35 bits per heavy atom. The lowest BCUT2D eigenvalue weighted by Crippen LogP contribution is -2.36. The van der Waals surface area contributed by atoms with Crippen LogP contribution in [0.2, 0.25) is 5.02 Å². The first kappa shape index (κ1) is 18.6. The Labute approximate surface area is 154 Å². The molecule has 1 aromatic rings. The zero-order valence-corrected chi connectivity index (χ0v) is 15.2. The third kappa shape index (κ3) is 3.03. The Kier molecular flexibility index (Phi) is 4.90. The van der Waals surface area contributed by atoms with Crippen LogP contribution in [0.5, 0.6) is 0 Å². The summed E-state index contributed by atoms with van der Waals surface area (Å²) in [5.41, 5.74) is -0.428. The van der Waals surface area contributed by atoms with E-state index in [1.807, 2.05) is 0 Å². The van der Waals surface area contributed by atoms with Crippen LogP contribution < -0.4 is 4.90 Å². The Hall–Kier alpha value is -2.19. The van der Waals surface area contributed by atoms with E-state index in [-0.39, 0.29) is 28.9 Å². The van der Waals surface area contributed by atoms with Crippen LogP contribution in [0.1, 0.15) is 30.6 Å². The summed E-state index contributed by atoms with van der Waals surface area (Å²) in [6.45, 7) is 3.56. The fraction of sp³-hybridized carbons (Fsp3) is 0.471. The molecule has 26 heavy (non-hydrogen) atoms. The standard InChI is InChI=1S/C17H18ClFN2O5/c1-8(2)26-16(23)10-5-13(12(19)6-11(10)18)21-15(22)14-4-9(25-3)7-20(14)17(21)24/h5-6,8-9,14H,4,7H2,1-3H3/t9-,14-/m1/s1. The molecule has 2 atom stereocenters. The van der Waals surface area contributed by atoms with E-state index in [1.54, 1.807) is 13.8 Å². The molecule has 0 radical (unpaired) electrons. The van der Waals surface area contributed by atoms with Crippen molar-refractivity contribution in [1.82, 2.24) is 4.90 Å². The van der Waals surface area contributed by atoms with Crippen LogP contribution in [0.4, 0.5) is 14.9 Å². The fourth-order valence-electron chi connectivity index (χ4n) is 3.15. The number of nitrogens with zero attached hydrogens (tertiary/aromatic N) is 2. The number of amides is 3. The lowest BCUT2D eigenvalue weighted by atomic mass is 10.1. The average Bonchev–Trinajstić information content (AvgIpc) is 3.08. The highest BCUT2D eigenvalue weighted by molar-refractivity contribution is 6.34. The van der Waals surface area contributed by atoms with Crippen molar-refractivity contribution in [2.24, 2.45) is 0 Å². The van der Waals surface area contributed by atoms with Crippen molar-refractivity contribution < 1.29 is 28.2 Å². The van der Waals surface area contributed by atoms with E-state index in [2.05, 4.69) is 0 Å². The smallest absolute Gasteiger partial charge is 0.339 e. The lowest BCUT2D eigenvalue weighted by Gasteiger charge is -2.19. The number of rotatable bonds is 4. The topological polar surface area (TPSA) is 76.1 Å². The molecular formula is C17H18ClFN2O5. The molecule has 2 fully saturated rings. The second-order valence-electron chi connectivity index (χ2n) is 6.46. The molecular weight excluding hydrogens is 367 g/mol. The van der Waals surface area contributed by atoms with E-state index in [0.29, 0.717) is 6.42 Å². The van der Waals surface area contributed by atoms with Crippen LogP contribution in [0.25, 0.3) is 0 Å². The van der Waals surface area contributed by atoms with E-state index in [0.717, 1.165) is 17.0 Å². The van der Waals surface area contributed by atoms with Crippen LogP contribution >= 0.6 is 11.6 Å². The summed E-state index contributed by atoms with van der Waals surface area (Å²) in [4.78, 5) is 39.5. The summed E-state index contributed by atoms with van der Waals surface area (Å²) in [5.74, 6) is -2.19. The highest BCUT2D eigenvalue weighted by Gasteiger charge is 2.52. The molecule has 0 aliphatic carbocycles. The molecule has 2 heterocycles. The van der Waals surface area contributed by atoms with Crippen molar-refractivity contribution in [3.8, 4) is 0 Å². The number of hydrogen-bond acceptors (Lipinski definition) is 5. The first-order valence-electron chi connectivity index (χ1n) is 8.12. The van der Waals surface area contributed by atoms with Gasteiger partial charge >= 0.3 is 12.0 Å². The normalized spacial score (nSPS) is 22.4. The van der Waals surface area contributed by atoms with Crippen LogP contribution in [0.3, 0.4) is 0 Å². The van der Waals surface area contributed by atoms with Crippen LogP contribution in [-0.2, 0) is 14.3 Å². The van der Waals surface area contributed by atoms with Gasteiger partial charge in [-0.25, -0.2) is 18.9 Å². The number of anilines is 1. The number of esters is 1. The maximum atomic E-state index is 14.4. The third-order valence-corrected chi connectivity index (χ3v) is 4.69. The highest BCUT2D eigenvalue weighted by atomic mass is 35.5. The number of urea groups is 1. The number of methoxy groups -OCH3 is 1. The molecule has 0 N–H and O–H groups in total. The summed E-state index contributed by atoms with van der Waals surface area (Å²) < 4.78 is 24.7. The number of carbonyl (C=O) groups excluding carboxylic acids is 3. The zero-order valence-electron chi connectivity index (χ0n) is 14.5. The Bertz CT molecular complexity index is 761. The number of carbonyl (C=O) groups is 3. The maximum Gasteiger partial charge on any atom is 0.339 e. The van der Waals surface area contributed by atoms with Gasteiger partial charge in [-0.05, 0) is 26.0 Å². The molecule has 1 aromatic carbocycles. The third-order valence-electron chi connectivity index (χ3n) is 4.38. The second-order valence-corrected chi connectivity index (χ2v) is 6.86. The molecule has 7 nitrogen and oxygen atoms in total. The van der Waals surface area contributed by atoms with Gasteiger partial charge in [0.25, 0.3) is 5.91 Å². The summed E-state index contributed by atoms with van der Waals surface area (Å²) >= 11 is 5.94. The van der Waals surface area contributed by atoms with Crippen molar-refractivity contribution in [2.75, 3.05) is 18.6 Å². The molecule has 0 spiro atoms. The van der Waals surface area contributed by atoms with E-state index in [4.69, 9.17) is 21.1 Å². The minimum absolute atomic E-state index is 0.112. The largest absolute Gasteiger partial charge is 0.459 e. The first-order chi connectivity index (χ1) is 12.2. The molecule has 9 heteroatoms. The highest BCUT2D eigenvalue weighted by Crippen LogP contribution is 2.35. The van der Waals surface area contributed by atoms with Crippen LogP contribution in [0.15, 0.2) is 12.1 Å². The van der Waals surface area contributed by atoms with Crippen molar-refractivity contribution >= 4 is 35.2 Å². The van der Waals surface area contributed by atoms with Crippen molar-refractivity contribution in [3.63, 3.8) is 0 Å². The van der Waals surface area contributed by atoms with E-state index >= 15 is 0 Å². The minimum Gasteiger partial charge on any atom is -0.459 e. The first-order valence-corrected chi connectivity index (χ1v) is 8.49. The Morgan fingerprint density at radius 3 is 2.62 bits per heavy atom. The number of fused-ring (bicyclic) bond motifs is 1. The van der Waals surface area contributed by atoms with E-state index < -0.39 is 35.9 Å². The molecule has 3 rings (SSSR count). The van der Waals surface area contributed by atoms with Crippen LogP contribution in [0, 0.1) is 5.82 Å². The van der Waals surface area contributed by atoms with Gasteiger partial charge in [0.05, 0.1) is 28.5 Å². The Morgan fingerprint density at radius 2 is 2.04 bits per heavy atom. The van der Waals surface area contributed by atoms with E-state index in [9.17, 15) is 18.8 Å². The number of halogens is 2. The molecule has 0 unspecified atom stereocenters. The molecule has 0 saturated carbocycles. The molecule has 3 amide bonds. The summed E-state index contributed by atoms with van der Waals surface area (Å²) in [5, 5.41) is -0.157. The van der Waals surface area contributed by atoms with Crippen LogP contribution in [-0.4, -0.2) is 54.7 Å². The number of benzene rings is 1. The molecule has 0 aromatic heterocycles. The summed E-state index contributed by atoms with van der Waals surface area (Å²) in [7, 11) is 1.50. The van der Waals surface area contributed by atoms with Gasteiger partial charge in [0, 0.05) is 20.1 Å².